The molecule has 1 aliphatic carbocycles. The minimum atomic E-state index is -0.0701. The largest absolute Gasteiger partial charge is 0.508 e. The van der Waals surface area contributed by atoms with E-state index in [0.717, 1.165) is 75.1 Å². The van der Waals surface area contributed by atoms with E-state index in [9.17, 15) is 10.2 Å². The lowest BCUT2D eigenvalue weighted by atomic mass is 9.69. The molecule has 2 fully saturated rings. The number of aromatic hydroxyl groups is 2. The van der Waals surface area contributed by atoms with Crippen LogP contribution in [0.2, 0.25) is 0 Å². The van der Waals surface area contributed by atoms with E-state index in [1.54, 1.807) is 0 Å². The Balaban J connectivity index is 1.87. The Morgan fingerprint density at radius 2 is 1.77 bits per heavy atom. The van der Waals surface area contributed by atoms with Crippen molar-refractivity contribution < 1.29 is 14.9 Å². The van der Waals surface area contributed by atoms with Crippen LogP contribution >= 0.6 is 0 Å². The Morgan fingerprint density at radius 1 is 1.13 bits per heavy atom. The normalized spacial score (nSPS) is 25.5. The molecule has 2 N–H and O–H groups in total. The van der Waals surface area contributed by atoms with Gasteiger partial charge in [0.2, 0.25) is 0 Å². The van der Waals surface area contributed by atoms with E-state index in [4.69, 9.17) is 4.74 Å². The summed E-state index contributed by atoms with van der Waals surface area (Å²) in [4.78, 5) is 2.53. The molecule has 1 saturated carbocycles. The molecule has 3 unspecified atom stereocenters. The molecule has 0 bridgehead atoms. The first-order valence-electron chi connectivity index (χ1n) is 12.3. The van der Waals surface area contributed by atoms with Crippen molar-refractivity contribution in [3.63, 3.8) is 0 Å². The van der Waals surface area contributed by atoms with Crippen molar-refractivity contribution in [2.45, 2.75) is 90.0 Å². The molecule has 1 aromatic rings. The first-order valence-corrected chi connectivity index (χ1v) is 12.3. The van der Waals surface area contributed by atoms with Gasteiger partial charge in [0.25, 0.3) is 0 Å². The monoisotopic (exact) mass is 429 g/mol. The summed E-state index contributed by atoms with van der Waals surface area (Å²) in [6.07, 6.45) is 7.75. The fourth-order valence-corrected chi connectivity index (χ4v) is 5.69. The maximum atomic E-state index is 11.1. The van der Waals surface area contributed by atoms with Crippen LogP contribution in [0.25, 0.3) is 0 Å². The van der Waals surface area contributed by atoms with Crippen LogP contribution in [0.4, 0.5) is 0 Å². The molecule has 1 saturated heterocycles. The number of phenolic OH excluding ortho intramolecular Hbond substituents is 2. The zero-order valence-electron chi connectivity index (χ0n) is 20.1. The van der Waals surface area contributed by atoms with Gasteiger partial charge < -0.3 is 14.9 Å². The van der Waals surface area contributed by atoms with Gasteiger partial charge in [0.1, 0.15) is 11.5 Å². The van der Waals surface area contributed by atoms with Gasteiger partial charge in [-0.1, -0.05) is 52.2 Å². The molecular formula is C27H43NO3. The summed E-state index contributed by atoms with van der Waals surface area (Å²) in [6, 6.07) is 4.29. The average Bonchev–Trinajstić information content (AvgIpc) is 2.73. The van der Waals surface area contributed by atoms with Gasteiger partial charge in [-0.3, -0.25) is 4.90 Å². The highest BCUT2D eigenvalue weighted by Gasteiger charge is 2.38. The Morgan fingerprint density at radius 3 is 2.35 bits per heavy atom. The van der Waals surface area contributed by atoms with E-state index in [2.05, 4.69) is 39.2 Å². The summed E-state index contributed by atoms with van der Waals surface area (Å²) in [7, 11) is 0. The zero-order valence-corrected chi connectivity index (χ0v) is 20.1. The van der Waals surface area contributed by atoms with Crippen molar-refractivity contribution in [1.82, 2.24) is 4.90 Å². The van der Waals surface area contributed by atoms with Gasteiger partial charge in [-0.15, -0.1) is 0 Å². The lowest BCUT2D eigenvalue weighted by Gasteiger charge is -2.43. The van der Waals surface area contributed by atoms with Crippen LogP contribution in [0.5, 0.6) is 11.5 Å². The highest BCUT2D eigenvalue weighted by atomic mass is 16.5. The summed E-state index contributed by atoms with van der Waals surface area (Å²) in [5.41, 5.74) is 2.82. The topological polar surface area (TPSA) is 52.9 Å². The van der Waals surface area contributed by atoms with Crippen LogP contribution in [-0.2, 0) is 10.2 Å². The first-order chi connectivity index (χ1) is 14.7. The number of allylic oxidation sites excluding steroid dienone is 1. The third kappa shape index (κ3) is 5.64. The van der Waals surface area contributed by atoms with E-state index < -0.39 is 0 Å². The van der Waals surface area contributed by atoms with E-state index in [-0.39, 0.29) is 28.7 Å². The van der Waals surface area contributed by atoms with Gasteiger partial charge >= 0.3 is 0 Å². The second-order valence-corrected chi connectivity index (χ2v) is 10.4. The standard InChI is InChI=1S/C27H43NO3/c1-6-7-8-11-27(4,5)20-16-24(29)26(25(30)17-20)23-18-21(9-10-22(23)19(2)3)28-12-14-31-15-13-28/h16-17,21-23,29-30H,2,6-15,18H2,1,3-5H3. The number of phenols is 2. The Kier molecular flexibility index (Phi) is 8.09. The lowest BCUT2D eigenvalue weighted by Crippen LogP contribution is -2.46. The van der Waals surface area contributed by atoms with Crippen molar-refractivity contribution in [3.8, 4) is 11.5 Å². The minimum Gasteiger partial charge on any atom is -0.508 e. The van der Waals surface area contributed by atoms with Crippen LogP contribution in [0.1, 0.15) is 89.7 Å². The minimum absolute atomic E-state index is 0.0701. The molecule has 0 amide bonds. The molecule has 1 aromatic carbocycles. The van der Waals surface area contributed by atoms with Gasteiger partial charge in [0.05, 0.1) is 13.2 Å². The smallest absolute Gasteiger partial charge is 0.123 e. The van der Waals surface area contributed by atoms with E-state index in [1.165, 1.54) is 12.8 Å². The predicted octanol–water partition coefficient (Wildman–Crippen LogP) is 6.12. The van der Waals surface area contributed by atoms with E-state index in [1.807, 2.05) is 12.1 Å². The molecule has 3 atom stereocenters. The molecule has 1 heterocycles. The number of hydrogen-bond donors (Lipinski definition) is 2. The maximum absolute atomic E-state index is 11.1. The summed E-state index contributed by atoms with van der Waals surface area (Å²) in [5, 5.41) is 22.3. The van der Waals surface area contributed by atoms with E-state index in [0.29, 0.717) is 6.04 Å². The van der Waals surface area contributed by atoms with Crippen molar-refractivity contribution >= 4 is 0 Å². The highest BCUT2D eigenvalue weighted by molar-refractivity contribution is 5.51. The van der Waals surface area contributed by atoms with Crippen molar-refractivity contribution in [2.24, 2.45) is 5.92 Å². The molecule has 1 aliphatic heterocycles. The summed E-state index contributed by atoms with van der Waals surface area (Å²) in [5.74, 6) is 0.878. The molecular weight excluding hydrogens is 386 g/mol. The van der Waals surface area contributed by atoms with Gasteiger partial charge in [-0.05, 0) is 67.6 Å². The molecule has 2 aliphatic rings. The van der Waals surface area contributed by atoms with Crippen molar-refractivity contribution in [3.05, 3.63) is 35.4 Å². The second-order valence-electron chi connectivity index (χ2n) is 10.4. The van der Waals surface area contributed by atoms with Crippen LogP contribution < -0.4 is 0 Å². The Labute approximate surface area is 189 Å². The van der Waals surface area contributed by atoms with Gasteiger partial charge in [0, 0.05) is 24.7 Å². The quantitative estimate of drug-likeness (QED) is 0.386. The molecule has 4 heteroatoms. The number of rotatable bonds is 8. The van der Waals surface area contributed by atoms with Gasteiger partial charge in [-0.25, -0.2) is 0 Å². The fraction of sp³-hybridized carbons (Fsp3) is 0.704. The van der Waals surface area contributed by atoms with Crippen LogP contribution in [-0.4, -0.2) is 47.5 Å². The summed E-state index contributed by atoms with van der Waals surface area (Å²) < 4.78 is 5.54. The number of hydrogen-bond acceptors (Lipinski definition) is 4. The summed E-state index contributed by atoms with van der Waals surface area (Å²) in [6.45, 7) is 16.5. The van der Waals surface area contributed by atoms with Crippen molar-refractivity contribution in [2.75, 3.05) is 26.3 Å². The fourth-order valence-electron chi connectivity index (χ4n) is 5.69. The number of benzene rings is 1. The number of nitrogens with zero attached hydrogens (tertiary/aromatic N) is 1. The highest BCUT2D eigenvalue weighted by Crippen LogP contribution is 2.49. The maximum Gasteiger partial charge on any atom is 0.123 e. The molecule has 4 nitrogen and oxygen atoms in total. The second kappa shape index (κ2) is 10.4. The van der Waals surface area contributed by atoms with Gasteiger partial charge in [-0.2, -0.15) is 0 Å². The Bertz CT molecular complexity index is 728. The SMILES string of the molecule is C=C(C)C1CCC(N2CCOCC2)CC1c1c(O)cc(C(C)(C)CCCCC)cc1O. The molecule has 174 valence electrons. The van der Waals surface area contributed by atoms with Crippen LogP contribution in [0.3, 0.4) is 0 Å². The van der Waals surface area contributed by atoms with E-state index >= 15 is 0 Å². The molecule has 0 spiro atoms. The predicted molar refractivity (Wildman–Crippen MR) is 128 cm³/mol. The van der Waals surface area contributed by atoms with Crippen molar-refractivity contribution in [1.29, 1.82) is 0 Å². The van der Waals surface area contributed by atoms with Crippen LogP contribution in [0.15, 0.2) is 24.3 Å². The third-order valence-electron chi connectivity index (χ3n) is 7.71. The molecule has 31 heavy (non-hydrogen) atoms. The zero-order chi connectivity index (χ0) is 22.6. The molecule has 3 rings (SSSR count). The molecule has 0 radical (unpaired) electrons. The van der Waals surface area contributed by atoms with Gasteiger partial charge in [0.15, 0.2) is 0 Å². The number of morpholine rings is 1. The molecule has 0 aromatic heterocycles. The number of ether oxygens (including phenoxy) is 1. The summed E-state index contributed by atoms with van der Waals surface area (Å²) >= 11 is 0. The lowest BCUT2D eigenvalue weighted by molar-refractivity contribution is 0.00323. The van der Waals surface area contributed by atoms with Crippen LogP contribution in [0, 0.1) is 5.92 Å². The number of unbranched alkanes of at least 4 members (excludes halogenated alkanes) is 2. The first kappa shape index (κ1) is 24.1. The Hall–Kier alpha value is -1.52. The average molecular weight is 430 g/mol. The third-order valence-corrected chi connectivity index (χ3v) is 7.71.